The molecule has 0 unspecified atom stereocenters. The van der Waals surface area contributed by atoms with Gasteiger partial charge in [-0.2, -0.15) is 0 Å². The number of halogens is 1. The molecule has 2 heterocycles. The molecule has 2 aromatic heterocycles. The molecule has 146 valence electrons. The van der Waals surface area contributed by atoms with E-state index >= 15 is 0 Å². The lowest BCUT2D eigenvalue weighted by Crippen LogP contribution is -2.34. The summed E-state index contributed by atoms with van der Waals surface area (Å²) in [5.74, 6) is -0.394. The molecule has 29 heavy (non-hydrogen) atoms. The van der Waals surface area contributed by atoms with E-state index in [9.17, 15) is 14.0 Å². The summed E-state index contributed by atoms with van der Waals surface area (Å²) in [5.41, 5.74) is 2.54. The first-order chi connectivity index (χ1) is 13.9. The maximum atomic E-state index is 13.2. The van der Waals surface area contributed by atoms with Gasteiger partial charge in [0.1, 0.15) is 5.82 Å². The number of benzene rings is 2. The van der Waals surface area contributed by atoms with Crippen LogP contribution in [0.2, 0.25) is 0 Å². The average molecular weight is 390 g/mol. The number of aryl methyl sites for hydroxylation is 2. The van der Waals surface area contributed by atoms with Gasteiger partial charge in [-0.15, -0.1) is 0 Å². The Morgan fingerprint density at radius 1 is 0.931 bits per heavy atom. The SMILES string of the molecule is C=c1[nH]n(-c2ccc(F)cc2)c(=O)/c1=C/c1c(C)[nH]n(-c2ccccc2C)c1=O. The number of nitrogens with zero attached hydrogens (tertiary/aromatic N) is 2. The number of para-hydroxylation sites is 1. The van der Waals surface area contributed by atoms with Crippen molar-refractivity contribution in [2.45, 2.75) is 13.8 Å². The molecular formula is C22H19FN4O2. The van der Waals surface area contributed by atoms with Crippen molar-refractivity contribution in [2.24, 2.45) is 0 Å². The van der Waals surface area contributed by atoms with Crippen LogP contribution in [0.4, 0.5) is 4.39 Å². The normalized spacial score (nSPS) is 11.9. The molecule has 0 saturated heterocycles. The molecule has 2 N–H and O–H groups in total. The Labute approximate surface area is 164 Å². The van der Waals surface area contributed by atoms with Crippen molar-refractivity contribution in [2.75, 3.05) is 0 Å². The molecular weight excluding hydrogens is 371 g/mol. The highest BCUT2D eigenvalue weighted by Gasteiger charge is 2.13. The second-order valence-corrected chi connectivity index (χ2v) is 6.84. The molecule has 0 saturated carbocycles. The fourth-order valence-electron chi connectivity index (χ4n) is 3.27. The molecule has 0 atom stereocenters. The first-order valence-corrected chi connectivity index (χ1v) is 9.02. The summed E-state index contributed by atoms with van der Waals surface area (Å²) in [6, 6.07) is 13.0. The van der Waals surface area contributed by atoms with Crippen molar-refractivity contribution in [3.05, 3.63) is 102 Å². The fraction of sp³-hybridized carbons (Fsp3) is 0.0909. The van der Waals surface area contributed by atoms with Crippen LogP contribution in [-0.4, -0.2) is 19.6 Å². The number of rotatable bonds is 3. The molecule has 0 aliphatic rings. The summed E-state index contributed by atoms with van der Waals surface area (Å²) >= 11 is 0. The van der Waals surface area contributed by atoms with Crippen LogP contribution in [0.15, 0.2) is 58.1 Å². The number of aromatic nitrogens is 4. The van der Waals surface area contributed by atoms with Crippen molar-refractivity contribution in [3.8, 4) is 11.4 Å². The monoisotopic (exact) mass is 390 g/mol. The van der Waals surface area contributed by atoms with E-state index in [1.54, 1.807) is 6.92 Å². The molecule has 7 heteroatoms. The summed E-state index contributed by atoms with van der Waals surface area (Å²) in [7, 11) is 0. The predicted molar refractivity (Wildman–Crippen MR) is 111 cm³/mol. The Morgan fingerprint density at radius 2 is 1.62 bits per heavy atom. The molecule has 2 aromatic carbocycles. The Bertz CT molecular complexity index is 1440. The summed E-state index contributed by atoms with van der Waals surface area (Å²) < 4.78 is 15.9. The third-order valence-electron chi connectivity index (χ3n) is 4.85. The van der Waals surface area contributed by atoms with Crippen LogP contribution in [0.5, 0.6) is 0 Å². The molecule has 0 amide bonds. The Hall–Kier alpha value is -3.87. The fourth-order valence-corrected chi connectivity index (χ4v) is 3.27. The zero-order chi connectivity index (χ0) is 20.7. The van der Waals surface area contributed by atoms with Gasteiger partial charge in [0, 0.05) is 5.69 Å². The zero-order valence-electron chi connectivity index (χ0n) is 16.0. The number of nitrogens with one attached hydrogen (secondary N) is 2. The van der Waals surface area contributed by atoms with Gasteiger partial charge < -0.3 is 0 Å². The zero-order valence-corrected chi connectivity index (χ0v) is 16.0. The van der Waals surface area contributed by atoms with Crippen LogP contribution in [0.3, 0.4) is 0 Å². The second kappa shape index (κ2) is 6.94. The molecule has 6 nitrogen and oxygen atoms in total. The first-order valence-electron chi connectivity index (χ1n) is 9.02. The maximum absolute atomic E-state index is 13.2. The van der Waals surface area contributed by atoms with Gasteiger partial charge in [0.2, 0.25) is 0 Å². The summed E-state index contributed by atoms with van der Waals surface area (Å²) in [5, 5.41) is 6.57. The lowest BCUT2D eigenvalue weighted by molar-refractivity contribution is 0.627. The molecule has 0 spiro atoms. The van der Waals surface area contributed by atoms with Gasteiger partial charge in [-0.1, -0.05) is 24.8 Å². The minimum atomic E-state index is -0.394. The lowest BCUT2D eigenvalue weighted by Gasteiger charge is -2.04. The third-order valence-corrected chi connectivity index (χ3v) is 4.85. The van der Waals surface area contributed by atoms with Crippen molar-refractivity contribution in [1.82, 2.24) is 19.6 Å². The van der Waals surface area contributed by atoms with Gasteiger partial charge in [-0.25, -0.2) is 13.8 Å². The van der Waals surface area contributed by atoms with E-state index in [-0.39, 0.29) is 16.3 Å². The number of aromatic amines is 2. The number of hydrogen-bond donors (Lipinski definition) is 2. The Morgan fingerprint density at radius 3 is 2.31 bits per heavy atom. The van der Waals surface area contributed by atoms with E-state index in [1.165, 1.54) is 39.7 Å². The highest BCUT2D eigenvalue weighted by atomic mass is 19.1. The largest absolute Gasteiger partial charge is 0.295 e. The molecule has 4 rings (SSSR count). The van der Waals surface area contributed by atoms with Gasteiger partial charge in [0.25, 0.3) is 11.1 Å². The van der Waals surface area contributed by atoms with Gasteiger partial charge in [0.15, 0.2) is 0 Å². The molecule has 0 aliphatic heterocycles. The number of hydrogen-bond acceptors (Lipinski definition) is 2. The molecule has 0 radical (unpaired) electrons. The van der Waals surface area contributed by atoms with E-state index in [0.717, 1.165) is 11.3 Å². The van der Waals surface area contributed by atoms with Crippen LogP contribution in [0.25, 0.3) is 24.0 Å². The number of H-pyrrole nitrogens is 2. The minimum absolute atomic E-state index is 0.259. The van der Waals surface area contributed by atoms with E-state index < -0.39 is 5.82 Å². The predicted octanol–water partition coefficient (Wildman–Crippen LogP) is 1.64. The van der Waals surface area contributed by atoms with Crippen molar-refractivity contribution < 1.29 is 4.39 Å². The van der Waals surface area contributed by atoms with Crippen molar-refractivity contribution in [3.63, 3.8) is 0 Å². The van der Waals surface area contributed by atoms with Crippen LogP contribution in [0, 0.1) is 19.7 Å². The second-order valence-electron chi connectivity index (χ2n) is 6.84. The molecule has 0 aliphatic carbocycles. The quantitative estimate of drug-likeness (QED) is 0.558. The Balaban J connectivity index is 1.90. The highest BCUT2D eigenvalue weighted by Crippen LogP contribution is 2.12. The topological polar surface area (TPSA) is 75.6 Å². The van der Waals surface area contributed by atoms with Crippen LogP contribution < -0.4 is 21.7 Å². The lowest BCUT2D eigenvalue weighted by atomic mass is 10.2. The first kappa shape index (κ1) is 18.5. The third kappa shape index (κ3) is 3.16. The van der Waals surface area contributed by atoms with Crippen LogP contribution >= 0.6 is 0 Å². The minimum Gasteiger partial charge on any atom is -0.295 e. The summed E-state index contributed by atoms with van der Waals surface area (Å²) in [6.07, 6.45) is 1.53. The summed E-state index contributed by atoms with van der Waals surface area (Å²) in [6.45, 7) is 7.57. The van der Waals surface area contributed by atoms with E-state index in [4.69, 9.17) is 0 Å². The average Bonchev–Trinajstić information content (AvgIpc) is 3.14. The smallest absolute Gasteiger partial charge is 0.279 e. The summed E-state index contributed by atoms with van der Waals surface area (Å²) in [4.78, 5) is 25.9. The van der Waals surface area contributed by atoms with Gasteiger partial charge in [-0.05, 0) is 55.8 Å². The Kier molecular flexibility index (Phi) is 4.43. The molecule has 0 bridgehead atoms. The van der Waals surface area contributed by atoms with Crippen molar-refractivity contribution >= 4 is 12.7 Å². The van der Waals surface area contributed by atoms with Gasteiger partial charge >= 0.3 is 0 Å². The van der Waals surface area contributed by atoms with E-state index in [2.05, 4.69) is 16.8 Å². The van der Waals surface area contributed by atoms with Gasteiger partial charge in [0.05, 0.1) is 27.5 Å². The molecule has 4 aromatic rings. The van der Waals surface area contributed by atoms with Crippen LogP contribution in [0.1, 0.15) is 16.8 Å². The van der Waals surface area contributed by atoms with E-state index in [0.29, 0.717) is 22.3 Å². The standard InChI is InChI=1S/C22H19FN4O2/c1-13-6-4-5-7-20(13)27-22(29)19(15(3)25-27)12-18-14(2)24-26(21(18)28)17-10-8-16(23)9-11-17/h4-12,24-25H,2H2,1,3H3/b18-12+. The maximum Gasteiger partial charge on any atom is 0.279 e. The van der Waals surface area contributed by atoms with E-state index in [1.807, 2.05) is 31.2 Å². The molecule has 0 fully saturated rings. The van der Waals surface area contributed by atoms with Crippen LogP contribution in [-0.2, 0) is 0 Å². The van der Waals surface area contributed by atoms with Crippen molar-refractivity contribution in [1.29, 1.82) is 0 Å². The van der Waals surface area contributed by atoms with Gasteiger partial charge in [-0.3, -0.25) is 19.8 Å². The highest BCUT2D eigenvalue weighted by molar-refractivity contribution is 5.53.